The van der Waals surface area contributed by atoms with E-state index in [1.165, 1.54) is 4.90 Å². The number of alkyl halides is 3. The summed E-state index contributed by atoms with van der Waals surface area (Å²) in [5.74, 6) is 0.459. The van der Waals surface area contributed by atoms with Crippen molar-refractivity contribution in [3.63, 3.8) is 0 Å². The van der Waals surface area contributed by atoms with Crippen molar-refractivity contribution in [2.45, 2.75) is 32.5 Å². The van der Waals surface area contributed by atoms with Gasteiger partial charge in [-0.25, -0.2) is 4.98 Å². The van der Waals surface area contributed by atoms with Crippen LogP contribution in [0.2, 0.25) is 0 Å². The quantitative estimate of drug-likeness (QED) is 0.357. The van der Waals surface area contributed by atoms with Gasteiger partial charge >= 0.3 is 6.18 Å². The molecule has 7 nitrogen and oxygen atoms in total. The average molecular weight is 611 g/mol. The van der Waals surface area contributed by atoms with Gasteiger partial charge in [0.15, 0.2) is 0 Å². The molecule has 4 rings (SSSR count). The molecule has 1 fully saturated rings. The molecule has 0 bridgehead atoms. The number of amides is 1. The van der Waals surface area contributed by atoms with Crippen LogP contribution in [0.5, 0.6) is 5.75 Å². The van der Waals surface area contributed by atoms with Gasteiger partial charge in [-0.15, -0.1) is 0 Å². The summed E-state index contributed by atoms with van der Waals surface area (Å²) in [7, 11) is 0. The fraction of sp³-hybridized carbons (Fsp3) is 0.360. The van der Waals surface area contributed by atoms with Crippen LogP contribution in [-0.4, -0.2) is 64.2 Å². The third kappa shape index (κ3) is 6.42. The highest BCUT2D eigenvalue weighted by Gasteiger charge is 2.34. The Labute approximate surface area is 220 Å². The van der Waals surface area contributed by atoms with Gasteiger partial charge in [0.25, 0.3) is 0 Å². The van der Waals surface area contributed by atoms with Crippen LogP contribution < -0.4 is 9.64 Å². The molecule has 0 saturated carbocycles. The fourth-order valence-corrected chi connectivity index (χ4v) is 4.53. The first kappa shape index (κ1) is 26.1. The van der Waals surface area contributed by atoms with Crippen LogP contribution in [0.4, 0.5) is 19.0 Å². The maximum absolute atomic E-state index is 12.6. The first-order valence-electron chi connectivity index (χ1n) is 11.4. The molecule has 0 spiro atoms. The molecule has 0 unspecified atom stereocenters. The average Bonchev–Trinajstić information content (AvgIpc) is 2.83. The zero-order chi connectivity index (χ0) is 25.9. The number of aromatic nitrogens is 3. The standard InChI is InChI=1S/C25H25F3IN5O2/c1-16(2)36-18-5-3-17(4-6-18)23-24(19-7-8-30-14-20(19)29)32-21(15-31-23)33-9-11-34(12-10-33)22(35)13-25(26,27)28/h3-8,14-16H,9-13H2,1-2H3. The van der Waals surface area contributed by atoms with Crippen LogP contribution in [0.3, 0.4) is 0 Å². The van der Waals surface area contributed by atoms with Gasteiger partial charge in [0.05, 0.1) is 18.0 Å². The van der Waals surface area contributed by atoms with Gasteiger partial charge in [-0.05, 0) is 66.8 Å². The van der Waals surface area contributed by atoms with Crippen molar-refractivity contribution in [1.82, 2.24) is 19.9 Å². The fourth-order valence-electron chi connectivity index (χ4n) is 3.93. The molecule has 1 saturated heterocycles. The highest BCUT2D eigenvalue weighted by molar-refractivity contribution is 14.1. The first-order valence-corrected chi connectivity index (χ1v) is 12.5. The SMILES string of the molecule is CC(C)Oc1ccc(-c2ncc(N3CCN(C(=O)CC(F)(F)F)CC3)nc2-c2ccncc2I)cc1. The molecule has 3 aromatic rings. The Bertz CT molecular complexity index is 1210. The Morgan fingerprint density at radius 3 is 2.36 bits per heavy atom. The van der Waals surface area contributed by atoms with Crippen molar-refractivity contribution >= 4 is 34.3 Å². The first-order chi connectivity index (χ1) is 17.1. The van der Waals surface area contributed by atoms with Crippen LogP contribution >= 0.6 is 22.6 Å². The van der Waals surface area contributed by atoms with E-state index in [2.05, 4.69) is 27.6 Å². The molecule has 0 atom stereocenters. The van der Waals surface area contributed by atoms with E-state index in [0.717, 1.165) is 20.4 Å². The van der Waals surface area contributed by atoms with E-state index in [1.807, 2.05) is 49.1 Å². The summed E-state index contributed by atoms with van der Waals surface area (Å²) < 4.78 is 44.5. The van der Waals surface area contributed by atoms with Gasteiger partial charge in [0, 0.05) is 53.3 Å². The molecule has 11 heteroatoms. The van der Waals surface area contributed by atoms with E-state index in [-0.39, 0.29) is 19.2 Å². The highest BCUT2D eigenvalue weighted by atomic mass is 127. The number of anilines is 1. The predicted octanol–water partition coefficient (Wildman–Crippen LogP) is 5.20. The molecular formula is C25H25F3IN5O2. The molecule has 36 heavy (non-hydrogen) atoms. The lowest BCUT2D eigenvalue weighted by Gasteiger charge is -2.35. The highest BCUT2D eigenvalue weighted by Crippen LogP contribution is 2.34. The largest absolute Gasteiger partial charge is 0.491 e. The number of hydrogen-bond donors (Lipinski definition) is 0. The van der Waals surface area contributed by atoms with Crippen LogP contribution in [-0.2, 0) is 4.79 Å². The van der Waals surface area contributed by atoms with E-state index in [4.69, 9.17) is 14.7 Å². The number of halogens is 4. The van der Waals surface area contributed by atoms with E-state index >= 15 is 0 Å². The molecule has 0 aliphatic carbocycles. The lowest BCUT2D eigenvalue weighted by Crippen LogP contribution is -2.49. The summed E-state index contributed by atoms with van der Waals surface area (Å²) in [4.78, 5) is 29.0. The molecule has 1 amide bonds. The number of carbonyl (C=O) groups excluding carboxylic acids is 1. The second kappa shape index (κ2) is 11.0. The number of nitrogens with zero attached hydrogens (tertiary/aromatic N) is 5. The van der Waals surface area contributed by atoms with E-state index in [1.54, 1.807) is 18.6 Å². The maximum atomic E-state index is 12.6. The molecule has 190 valence electrons. The summed E-state index contributed by atoms with van der Waals surface area (Å²) >= 11 is 2.21. The van der Waals surface area contributed by atoms with Gasteiger partial charge in [0.1, 0.15) is 23.7 Å². The maximum Gasteiger partial charge on any atom is 0.397 e. The van der Waals surface area contributed by atoms with Crippen molar-refractivity contribution < 1.29 is 22.7 Å². The number of piperazine rings is 1. The molecule has 3 heterocycles. The zero-order valence-corrected chi connectivity index (χ0v) is 22.0. The number of hydrogen-bond acceptors (Lipinski definition) is 6. The van der Waals surface area contributed by atoms with Crippen molar-refractivity contribution in [1.29, 1.82) is 0 Å². The normalized spacial score (nSPS) is 14.3. The number of rotatable bonds is 6. The molecule has 1 aliphatic heterocycles. The molecule has 2 aromatic heterocycles. The Hall–Kier alpha value is -2.96. The molecular weight excluding hydrogens is 586 g/mol. The monoisotopic (exact) mass is 611 g/mol. The van der Waals surface area contributed by atoms with Crippen LogP contribution in [0.15, 0.2) is 48.9 Å². The van der Waals surface area contributed by atoms with Crippen molar-refractivity contribution in [3.05, 3.63) is 52.5 Å². The van der Waals surface area contributed by atoms with Crippen molar-refractivity contribution in [2.24, 2.45) is 0 Å². The second-order valence-corrected chi connectivity index (χ2v) is 9.79. The Morgan fingerprint density at radius 1 is 1.06 bits per heavy atom. The van der Waals surface area contributed by atoms with E-state index in [0.29, 0.717) is 30.3 Å². The number of pyridine rings is 1. The summed E-state index contributed by atoms with van der Waals surface area (Å²) in [6.45, 7) is 5.05. The van der Waals surface area contributed by atoms with Crippen molar-refractivity contribution in [2.75, 3.05) is 31.1 Å². The number of carbonyl (C=O) groups is 1. The number of benzene rings is 1. The Balaban J connectivity index is 1.61. The van der Waals surface area contributed by atoms with Gasteiger partial charge in [-0.3, -0.25) is 14.8 Å². The summed E-state index contributed by atoms with van der Waals surface area (Å²) in [5, 5.41) is 0. The lowest BCUT2D eigenvalue weighted by molar-refractivity contribution is -0.161. The lowest BCUT2D eigenvalue weighted by atomic mass is 10.0. The number of ether oxygens (including phenoxy) is 1. The van der Waals surface area contributed by atoms with Gasteiger partial charge in [-0.1, -0.05) is 0 Å². The Morgan fingerprint density at radius 2 is 1.75 bits per heavy atom. The zero-order valence-electron chi connectivity index (χ0n) is 19.8. The molecule has 0 radical (unpaired) electrons. The minimum absolute atomic E-state index is 0.0631. The molecule has 0 N–H and O–H groups in total. The van der Waals surface area contributed by atoms with Crippen molar-refractivity contribution in [3.8, 4) is 28.3 Å². The van der Waals surface area contributed by atoms with Crippen LogP contribution in [0.1, 0.15) is 20.3 Å². The van der Waals surface area contributed by atoms with Crippen LogP contribution in [0, 0.1) is 3.57 Å². The minimum atomic E-state index is -4.51. The topological polar surface area (TPSA) is 71.5 Å². The summed E-state index contributed by atoms with van der Waals surface area (Å²) in [5.41, 5.74) is 3.11. The minimum Gasteiger partial charge on any atom is -0.491 e. The summed E-state index contributed by atoms with van der Waals surface area (Å²) in [6.07, 6.45) is -0.774. The summed E-state index contributed by atoms with van der Waals surface area (Å²) in [6, 6.07) is 9.53. The smallest absolute Gasteiger partial charge is 0.397 e. The second-order valence-electron chi connectivity index (χ2n) is 8.63. The molecule has 1 aliphatic rings. The van der Waals surface area contributed by atoms with Crippen LogP contribution in [0.25, 0.3) is 22.5 Å². The van der Waals surface area contributed by atoms with E-state index < -0.39 is 18.5 Å². The van der Waals surface area contributed by atoms with E-state index in [9.17, 15) is 18.0 Å². The van der Waals surface area contributed by atoms with Gasteiger partial charge in [0.2, 0.25) is 5.91 Å². The van der Waals surface area contributed by atoms with Gasteiger partial charge < -0.3 is 14.5 Å². The predicted molar refractivity (Wildman–Crippen MR) is 139 cm³/mol. The molecule has 1 aromatic carbocycles. The third-order valence-electron chi connectivity index (χ3n) is 5.59. The third-order valence-corrected chi connectivity index (χ3v) is 6.45. The van der Waals surface area contributed by atoms with Gasteiger partial charge in [-0.2, -0.15) is 13.2 Å². The Kier molecular flexibility index (Phi) is 7.96.